The first-order valence-electron chi connectivity index (χ1n) is 14.1. The standard InChI is InChI=1S/C30H29FN6O6S/c31-24-9-18(23-13-33-12-17-1-6-43-29(17)23)10-25-27(24)28(26(14-34-25)44(32,40)41)35-20-7-19(30(38)39)8-21(11-20)36-2-4-37(5-3-36)22-15-42-16-22/h7-14,22H,1-6,15-16H2,(H,34,35)(H,38,39)(H2,32,40,41). The molecule has 0 atom stereocenters. The molecule has 4 N–H and O–H groups in total. The number of halogens is 1. The third kappa shape index (κ3) is 5.19. The van der Waals surface area contributed by atoms with E-state index in [1.807, 2.05) is 0 Å². The Labute approximate surface area is 252 Å². The molecule has 0 saturated carbocycles. The summed E-state index contributed by atoms with van der Waals surface area (Å²) in [7, 11) is -4.36. The van der Waals surface area contributed by atoms with E-state index < -0.39 is 26.7 Å². The van der Waals surface area contributed by atoms with E-state index in [9.17, 15) is 18.3 Å². The van der Waals surface area contributed by atoms with E-state index in [0.717, 1.165) is 24.8 Å². The van der Waals surface area contributed by atoms with Crippen LogP contribution in [0.4, 0.5) is 21.5 Å². The number of hydrogen-bond donors (Lipinski definition) is 3. The number of primary sulfonamides is 1. The molecule has 0 amide bonds. The maximum atomic E-state index is 16.0. The number of aromatic nitrogens is 2. The molecule has 0 radical (unpaired) electrons. The molecule has 12 nitrogen and oxygen atoms in total. The summed E-state index contributed by atoms with van der Waals surface area (Å²) in [5.74, 6) is -1.29. The van der Waals surface area contributed by atoms with Gasteiger partial charge in [-0.3, -0.25) is 14.9 Å². The number of nitrogens with zero attached hydrogens (tertiary/aromatic N) is 4. The van der Waals surface area contributed by atoms with Crippen LogP contribution in [0.25, 0.3) is 22.0 Å². The molecule has 0 aliphatic carbocycles. The first-order chi connectivity index (χ1) is 21.2. The zero-order valence-corrected chi connectivity index (χ0v) is 24.3. The van der Waals surface area contributed by atoms with Gasteiger partial charge >= 0.3 is 5.97 Å². The fourth-order valence-corrected chi connectivity index (χ4v) is 6.61. The summed E-state index contributed by atoms with van der Waals surface area (Å²) in [6, 6.07) is 7.96. The van der Waals surface area contributed by atoms with Crippen LogP contribution in [0, 0.1) is 5.82 Å². The highest BCUT2D eigenvalue weighted by molar-refractivity contribution is 7.89. The van der Waals surface area contributed by atoms with Crippen LogP contribution < -0.4 is 20.1 Å². The van der Waals surface area contributed by atoms with Crippen molar-refractivity contribution in [2.24, 2.45) is 5.14 Å². The zero-order chi connectivity index (χ0) is 30.6. The van der Waals surface area contributed by atoms with Crippen molar-refractivity contribution in [1.29, 1.82) is 0 Å². The Morgan fingerprint density at radius 3 is 2.57 bits per heavy atom. The van der Waals surface area contributed by atoms with Gasteiger partial charge in [-0.15, -0.1) is 0 Å². The Morgan fingerprint density at radius 2 is 1.86 bits per heavy atom. The number of ether oxygens (including phenoxy) is 2. The van der Waals surface area contributed by atoms with Gasteiger partial charge in [0, 0.05) is 73.7 Å². The van der Waals surface area contributed by atoms with Gasteiger partial charge in [0.05, 0.1) is 48.0 Å². The number of benzene rings is 2. The lowest BCUT2D eigenvalue weighted by Crippen LogP contribution is -2.56. The van der Waals surface area contributed by atoms with E-state index in [1.54, 1.807) is 30.6 Å². The van der Waals surface area contributed by atoms with Crippen molar-refractivity contribution in [2.45, 2.75) is 17.4 Å². The molecule has 0 spiro atoms. The largest absolute Gasteiger partial charge is 0.492 e. The van der Waals surface area contributed by atoms with E-state index >= 15 is 4.39 Å². The number of pyridine rings is 2. The Kier molecular flexibility index (Phi) is 7.08. The Bertz CT molecular complexity index is 1910. The van der Waals surface area contributed by atoms with E-state index in [1.165, 1.54) is 12.1 Å². The van der Waals surface area contributed by atoms with Crippen molar-refractivity contribution >= 4 is 44.0 Å². The molecule has 44 heavy (non-hydrogen) atoms. The second kappa shape index (κ2) is 11.0. The molecule has 3 aliphatic rings. The average molecular weight is 621 g/mol. The SMILES string of the molecule is NS(=O)(=O)c1cnc2cc(-c3cncc4c3OCC4)cc(F)c2c1Nc1cc(C(=O)O)cc(N2CCN(C3COC3)CC2)c1. The summed E-state index contributed by atoms with van der Waals surface area (Å²) >= 11 is 0. The highest BCUT2D eigenvalue weighted by Crippen LogP contribution is 2.40. The van der Waals surface area contributed by atoms with Crippen molar-refractivity contribution in [2.75, 3.05) is 56.2 Å². The number of hydrogen-bond acceptors (Lipinski definition) is 10. The van der Waals surface area contributed by atoms with Gasteiger partial charge in [0.25, 0.3) is 0 Å². The smallest absolute Gasteiger partial charge is 0.335 e. The summed E-state index contributed by atoms with van der Waals surface area (Å²) < 4.78 is 52.4. The molecule has 7 rings (SSSR count). The molecule has 4 aromatic rings. The van der Waals surface area contributed by atoms with E-state index in [-0.39, 0.29) is 27.8 Å². The number of fused-ring (bicyclic) bond motifs is 2. The minimum absolute atomic E-state index is 0.0106. The predicted molar refractivity (Wildman–Crippen MR) is 161 cm³/mol. The van der Waals surface area contributed by atoms with Crippen molar-refractivity contribution < 1.29 is 32.2 Å². The molecule has 3 aliphatic heterocycles. The van der Waals surface area contributed by atoms with Crippen LogP contribution in [0.3, 0.4) is 0 Å². The molecular formula is C30H29FN6O6S. The highest BCUT2D eigenvalue weighted by atomic mass is 32.2. The lowest BCUT2D eigenvalue weighted by Gasteiger charge is -2.43. The van der Waals surface area contributed by atoms with Gasteiger partial charge in [0.1, 0.15) is 16.5 Å². The van der Waals surface area contributed by atoms with Crippen LogP contribution in [0.2, 0.25) is 0 Å². The van der Waals surface area contributed by atoms with Gasteiger partial charge in [-0.1, -0.05) is 0 Å². The monoisotopic (exact) mass is 620 g/mol. The minimum atomic E-state index is -4.36. The molecule has 0 unspecified atom stereocenters. The number of carboxylic acid groups (broad SMARTS) is 1. The van der Waals surface area contributed by atoms with Crippen molar-refractivity contribution in [3.8, 4) is 16.9 Å². The molecule has 5 heterocycles. The molecule has 2 aromatic heterocycles. The number of carboxylic acids is 1. The fraction of sp³-hybridized carbons (Fsp3) is 0.300. The average Bonchev–Trinajstić information content (AvgIpc) is 3.45. The molecule has 2 saturated heterocycles. The third-order valence-electron chi connectivity index (χ3n) is 8.34. The van der Waals surface area contributed by atoms with Gasteiger partial charge in [-0.05, 0) is 35.9 Å². The zero-order valence-electron chi connectivity index (χ0n) is 23.5. The number of rotatable bonds is 7. The number of piperazine rings is 1. The second-order valence-corrected chi connectivity index (χ2v) is 12.6. The Morgan fingerprint density at radius 1 is 1.07 bits per heavy atom. The van der Waals surface area contributed by atoms with Gasteiger partial charge in [0.15, 0.2) is 0 Å². The summed E-state index contributed by atoms with van der Waals surface area (Å²) in [4.78, 5) is 24.6. The normalized spacial score (nSPS) is 17.3. The topological polar surface area (TPSA) is 160 Å². The molecule has 2 aromatic carbocycles. The first kappa shape index (κ1) is 28.4. The molecule has 14 heteroatoms. The number of anilines is 3. The van der Waals surface area contributed by atoms with Crippen LogP contribution in [0.1, 0.15) is 15.9 Å². The maximum absolute atomic E-state index is 16.0. The van der Waals surface area contributed by atoms with Gasteiger partial charge in [-0.2, -0.15) is 0 Å². The van der Waals surface area contributed by atoms with Crippen molar-refractivity contribution in [3.63, 3.8) is 0 Å². The lowest BCUT2D eigenvalue weighted by molar-refractivity contribution is -0.0660. The number of carbonyl (C=O) groups is 1. The summed E-state index contributed by atoms with van der Waals surface area (Å²) in [5, 5.41) is 18.3. The van der Waals surface area contributed by atoms with E-state index in [0.29, 0.717) is 67.9 Å². The third-order valence-corrected chi connectivity index (χ3v) is 9.27. The minimum Gasteiger partial charge on any atom is -0.492 e. The van der Waals surface area contributed by atoms with Crippen molar-refractivity contribution in [3.05, 3.63) is 65.9 Å². The van der Waals surface area contributed by atoms with Crippen LogP contribution in [-0.2, 0) is 21.2 Å². The van der Waals surface area contributed by atoms with Crippen LogP contribution >= 0.6 is 0 Å². The number of nitrogens with two attached hydrogens (primary N) is 1. The summed E-state index contributed by atoms with van der Waals surface area (Å²) in [6.07, 6.45) is 5.06. The highest BCUT2D eigenvalue weighted by Gasteiger charge is 2.30. The molecule has 2 fully saturated rings. The van der Waals surface area contributed by atoms with Crippen LogP contribution in [0.5, 0.6) is 5.75 Å². The summed E-state index contributed by atoms with van der Waals surface area (Å²) in [6.45, 7) is 4.83. The quantitative estimate of drug-likeness (QED) is 0.279. The van der Waals surface area contributed by atoms with E-state index in [2.05, 4.69) is 25.1 Å². The Hall–Kier alpha value is -4.37. The van der Waals surface area contributed by atoms with Gasteiger partial charge < -0.3 is 24.8 Å². The summed E-state index contributed by atoms with van der Waals surface area (Å²) in [5.41, 5.74) is 2.88. The predicted octanol–water partition coefficient (Wildman–Crippen LogP) is 2.98. The fourth-order valence-electron chi connectivity index (χ4n) is 5.98. The molecule has 0 bridgehead atoms. The van der Waals surface area contributed by atoms with E-state index in [4.69, 9.17) is 14.6 Å². The molecule has 228 valence electrons. The second-order valence-electron chi connectivity index (χ2n) is 11.1. The number of aromatic carboxylic acids is 1. The van der Waals surface area contributed by atoms with Crippen LogP contribution in [0.15, 0.2) is 53.8 Å². The Balaban J connectivity index is 1.29. The maximum Gasteiger partial charge on any atom is 0.335 e. The van der Waals surface area contributed by atoms with Crippen LogP contribution in [-0.4, -0.2) is 86.4 Å². The number of nitrogens with one attached hydrogen (secondary N) is 1. The van der Waals surface area contributed by atoms with Gasteiger partial charge in [-0.25, -0.2) is 22.7 Å². The lowest BCUT2D eigenvalue weighted by atomic mass is 10.0. The van der Waals surface area contributed by atoms with Crippen molar-refractivity contribution in [1.82, 2.24) is 14.9 Å². The number of sulfonamides is 1. The molecular weight excluding hydrogens is 591 g/mol. The van der Waals surface area contributed by atoms with Gasteiger partial charge in [0.2, 0.25) is 10.0 Å². The first-order valence-corrected chi connectivity index (χ1v) is 15.7.